The first-order chi connectivity index (χ1) is 26.0. The van der Waals surface area contributed by atoms with Crippen molar-refractivity contribution >= 4 is 11.8 Å². The molecular weight excluding hydrogens is 679 g/mol. The van der Waals surface area contributed by atoms with Crippen LogP contribution in [0.5, 0.6) is 5.75 Å². The van der Waals surface area contributed by atoms with Crippen molar-refractivity contribution in [1.82, 2.24) is 9.97 Å². The number of carboxylic acid groups (broad SMARTS) is 1. The lowest BCUT2D eigenvalue weighted by molar-refractivity contribution is -0.268. The Kier molecular flexibility index (Phi) is 15.2. The number of allylic oxidation sites excluding steroid dienone is 1. The van der Waals surface area contributed by atoms with Gasteiger partial charge >= 0.3 is 5.97 Å². The van der Waals surface area contributed by atoms with Crippen LogP contribution in [0, 0.1) is 29.6 Å². The number of pyridine rings is 1. The average Bonchev–Trinajstić information content (AvgIpc) is 3.69. The Balaban J connectivity index is 1.19. The number of aromatic amines is 1. The Hall–Kier alpha value is -3.66. The third kappa shape index (κ3) is 11.4. The van der Waals surface area contributed by atoms with Gasteiger partial charge in [0, 0.05) is 23.5 Å². The molecule has 9 heteroatoms. The molecule has 0 radical (unpaired) electrons. The van der Waals surface area contributed by atoms with Crippen LogP contribution in [0.3, 0.4) is 0 Å². The number of H-pyrrole nitrogens is 1. The van der Waals surface area contributed by atoms with Crippen LogP contribution in [0.15, 0.2) is 60.8 Å². The van der Waals surface area contributed by atoms with Crippen LogP contribution in [0.2, 0.25) is 0 Å². The van der Waals surface area contributed by atoms with E-state index in [-0.39, 0.29) is 36.0 Å². The number of aromatic nitrogens is 2. The topological polar surface area (TPSA) is 176 Å². The predicted octanol–water partition coefficient (Wildman–Crippen LogP) is 7.76. The molecule has 9 nitrogen and oxygen atoms in total. The van der Waals surface area contributed by atoms with Crippen molar-refractivity contribution in [2.24, 2.45) is 29.6 Å². The molecule has 2 heterocycles. The zero-order valence-corrected chi connectivity index (χ0v) is 32.5. The Morgan fingerprint density at radius 2 is 1.83 bits per heavy atom. The maximum Gasteiger partial charge on any atom is 0.309 e. The van der Waals surface area contributed by atoms with E-state index >= 15 is 0 Å². The standard InChI is InChI=1S/C45H65N3O6/c1-3-5-7-11-30-16-17-34(41(51)24-30)12-8-6-9-15-39(44(52)53)40(50)18-20-45(54)29-32(22-31-19-21-47-42(46)25-31)23-36(45)28-37-26-33(4-2)43(48-37)35-13-10-14-38(49)27-35/h10,13-14,16-17,19,21,25-27,30,32,34,36,39-41,48-51,54H,3-9,11-12,15,18,20,22-24,28-29H2,1-2H3,(H2,46,47)(H,52,53)/p-1/t30-,32+,34-,36-,39-,40+,41+,45-/m0/s1. The number of hydrogen-bond acceptors (Lipinski definition) is 7. The van der Waals surface area contributed by atoms with Crippen molar-refractivity contribution in [1.29, 1.82) is 0 Å². The van der Waals surface area contributed by atoms with E-state index in [1.807, 2.05) is 18.2 Å². The number of nitrogens with one attached hydrogen (secondary N) is 1. The van der Waals surface area contributed by atoms with Gasteiger partial charge in [-0.05, 0) is 123 Å². The van der Waals surface area contributed by atoms with E-state index < -0.39 is 23.6 Å². The van der Waals surface area contributed by atoms with Crippen LogP contribution >= 0.6 is 0 Å². The normalized spacial score (nSPS) is 25.2. The average molecular weight is 743 g/mol. The maximum atomic E-state index is 12.4. The number of aliphatic carboxylic acids is 1. The molecule has 8 atom stereocenters. The number of hydrogen-bond donors (Lipinski definition) is 6. The number of nitrogens with zero attached hydrogens (tertiary/aromatic N) is 1. The molecule has 7 N–H and O–H groups in total. The van der Waals surface area contributed by atoms with Gasteiger partial charge in [-0.1, -0.05) is 88.8 Å². The minimum absolute atomic E-state index is 0.0449. The first kappa shape index (κ1) is 41.5. The molecule has 0 amide bonds. The molecule has 1 fully saturated rings. The van der Waals surface area contributed by atoms with E-state index in [1.54, 1.807) is 24.4 Å². The second-order valence-electron chi connectivity index (χ2n) is 16.5. The molecule has 54 heavy (non-hydrogen) atoms. The van der Waals surface area contributed by atoms with Crippen molar-refractivity contribution in [3.63, 3.8) is 0 Å². The fourth-order valence-corrected chi connectivity index (χ4v) is 9.34. The molecule has 0 bridgehead atoms. The van der Waals surface area contributed by atoms with Gasteiger partial charge in [-0.15, -0.1) is 5.75 Å². The van der Waals surface area contributed by atoms with Crippen LogP contribution in [-0.4, -0.2) is 54.2 Å². The van der Waals surface area contributed by atoms with Crippen LogP contribution < -0.4 is 10.8 Å². The third-order valence-corrected chi connectivity index (χ3v) is 12.4. The van der Waals surface area contributed by atoms with Crippen molar-refractivity contribution < 1.29 is 30.3 Å². The number of aryl methyl sites for hydroxylation is 1. The van der Waals surface area contributed by atoms with Crippen molar-refractivity contribution in [2.45, 2.75) is 141 Å². The molecule has 296 valence electrons. The number of nitrogen functional groups attached to an aromatic ring is 1. The zero-order valence-electron chi connectivity index (χ0n) is 32.5. The molecule has 0 spiro atoms. The van der Waals surface area contributed by atoms with E-state index in [9.17, 15) is 30.3 Å². The summed E-state index contributed by atoms with van der Waals surface area (Å²) in [7, 11) is 0. The van der Waals surface area contributed by atoms with Crippen molar-refractivity contribution in [2.75, 3.05) is 5.73 Å². The van der Waals surface area contributed by atoms with Crippen LogP contribution in [0.1, 0.15) is 121 Å². The lowest BCUT2D eigenvalue weighted by atomic mass is 9.80. The Labute approximate surface area is 322 Å². The molecule has 0 aliphatic heterocycles. The number of carbonyl (C=O) groups is 1. The summed E-state index contributed by atoms with van der Waals surface area (Å²) < 4.78 is 0. The van der Waals surface area contributed by atoms with Crippen LogP contribution in [0.25, 0.3) is 11.3 Å². The molecule has 5 rings (SSSR count). The minimum atomic E-state index is -1.09. The molecule has 0 saturated heterocycles. The van der Waals surface area contributed by atoms with Gasteiger partial charge in [0.15, 0.2) is 0 Å². The van der Waals surface area contributed by atoms with Gasteiger partial charge in [0.25, 0.3) is 0 Å². The molecule has 2 aliphatic carbocycles. The lowest BCUT2D eigenvalue weighted by Gasteiger charge is -2.32. The predicted molar refractivity (Wildman–Crippen MR) is 213 cm³/mol. The summed E-state index contributed by atoms with van der Waals surface area (Å²) in [4.78, 5) is 20.1. The van der Waals surface area contributed by atoms with Crippen molar-refractivity contribution in [3.05, 3.63) is 77.6 Å². The first-order valence-electron chi connectivity index (χ1n) is 20.7. The largest absolute Gasteiger partial charge is 0.872 e. The summed E-state index contributed by atoms with van der Waals surface area (Å²) >= 11 is 0. The molecule has 3 aromatic rings. The van der Waals surface area contributed by atoms with Crippen LogP contribution in [0.4, 0.5) is 5.82 Å². The van der Waals surface area contributed by atoms with E-state index in [1.165, 1.54) is 19.3 Å². The highest BCUT2D eigenvalue weighted by molar-refractivity contribution is 5.70. The fraction of sp³-hybridized carbons (Fsp3) is 0.600. The number of rotatable bonds is 21. The summed E-state index contributed by atoms with van der Waals surface area (Å²) in [5.74, 6) is -0.802. The Bertz CT molecular complexity index is 1660. The number of anilines is 1. The van der Waals surface area contributed by atoms with Gasteiger partial charge in [-0.2, -0.15) is 0 Å². The minimum Gasteiger partial charge on any atom is -0.872 e. The molecule has 2 aliphatic rings. The van der Waals surface area contributed by atoms with Gasteiger partial charge in [-0.25, -0.2) is 4.98 Å². The molecular formula is C45H64N3O6-. The first-order valence-corrected chi connectivity index (χ1v) is 20.7. The number of unbranched alkanes of at least 4 members (excludes halogenated alkanes) is 4. The second kappa shape index (κ2) is 19.8. The van der Waals surface area contributed by atoms with E-state index in [2.05, 4.69) is 42.0 Å². The van der Waals surface area contributed by atoms with Crippen LogP contribution in [-0.2, 0) is 24.1 Å². The summed E-state index contributed by atoms with van der Waals surface area (Å²) in [5.41, 5.74) is 9.81. The summed E-state index contributed by atoms with van der Waals surface area (Å²) in [6.45, 7) is 4.29. The fourth-order valence-electron chi connectivity index (χ4n) is 9.34. The third-order valence-electron chi connectivity index (χ3n) is 12.4. The number of carboxylic acids is 1. The molecule has 1 saturated carbocycles. The summed E-state index contributed by atoms with van der Waals surface area (Å²) in [5, 5.41) is 56.6. The second-order valence-corrected chi connectivity index (χ2v) is 16.5. The number of aliphatic hydroxyl groups is 3. The molecule has 0 unspecified atom stereocenters. The Morgan fingerprint density at radius 3 is 2.56 bits per heavy atom. The van der Waals surface area contributed by atoms with E-state index in [0.717, 1.165) is 79.4 Å². The highest BCUT2D eigenvalue weighted by atomic mass is 16.4. The summed E-state index contributed by atoms with van der Waals surface area (Å²) in [6, 6.07) is 12.9. The Morgan fingerprint density at radius 1 is 1.02 bits per heavy atom. The highest BCUT2D eigenvalue weighted by Gasteiger charge is 2.46. The monoisotopic (exact) mass is 742 g/mol. The van der Waals surface area contributed by atoms with Gasteiger partial charge in [0.05, 0.1) is 23.7 Å². The van der Waals surface area contributed by atoms with Crippen molar-refractivity contribution in [3.8, 4) is 17.0 Å². The van der Waals surface area contributed by atoms with E-state index in [4.69, 9.17) is 5.73 Å². The lowest BCUT2D eigenvalue weighted by Crippen LogP contribution is -2.37. The molecule has 2 aromatic heterocycles. The highest BCUT2D eigenvalue weighted by Crippen LogP contribution is 2.46. The SMILES string of the molecule is CCCCC[C@H]1C=C[C@H](CCCCC[C@H](C(=O)O)[C@H](O)CC[C@]2(O)C[C@H](Cc3ccnc(N)c3)C[C@H]2Cc2cc(CC)c(-c3cccc([O-])c3)[nH]2)[C@H](O)C1. The van der Waals surface area contributed by atoms with Gasteiger partial charge in [0.1, 0.15) is 5.82 Å². The number of benzene rings is 1. The van der Waals surface area contributed by atoms with Gasteiger partial charge in [-0.3, -0.25) is 4.79 Å². The number of nitrogens with two attached hydrogens (primary N) is 1. The smallest absolute Gasteiger partial charge is 0.309 e. The maximum absolute atomic E-state index is 12.4. The van der Waals surface area contributed by atoms with Gasteiger partial charge in [0.2, 0.25) is 0 Å². The quantitative estimate of drug-likeness (QED) is 0.0474. The van der Waals surface area contributed by atoms with E-state index in [0.29, 0.717) is 43.8 Å². The van der Waals surface area contributed by atoms with Gasteiger partial charge < -0.3 is 36.3 Å². The zero-order chi connectivity index (χ0) is 38.7. The summed E-state index contributed by atoms with van der Waals surface area (Å²) in [6.07, 6.45) is 18.0. The number of aliphatic hydroxyl groups excluding tert-OH is 2. The molecule has 1 aromatic carbocycles.